The zero-order valence-electron chi connectivity index (χ0n) is 24.2. The van der Waals surface area contributed by atoms with Crippen molar-refractivity contribution in [3.05, 3.63) is 53.1 Å². The molecule has 1 aliphatic heterocycles. The van der Waals surface area contributed by atoms with Crippen LogP contribution in [-0.4, -0.2) is 73.7 Å². The third kappa shape index (κ3) is 4.00. The number of carbonyl (C=O) groups excluding carboxylic acids is 3. The number of carbonyl (C=O) groups is 3. The first-order valence-corrected chi connectivity index (χ1v) is 13.8. The Kier molecular flexibility index (Phi) is 7.26. The second kappa shape index (κ2) is 10.0. The van der Waals surface area contributed by atoms with Crippen LogP contribution in [0.4, 0.5) is 0 Å². The largest absolute Gasteiger partial charge is 0.458 e. The highest BCUT2D eigenvalue weighted by atomic mass is 16.6. The van der Waals surface area contributed by atoms with Crippen LogP contribution in [0.3, 0.4) is 0 Å². The van der Waals surface area contributed by atoms with E-state index in [1.54, 1.807) is 44.2 Å². The number of ether oxygens (including phenoxy) is 5. The van der Waals surface area contributed by atoms with Crippen molar-refractivity contribution in [1.82, 2.24) is 0 Å². The third-order valence-corrected chi connectivity index (χ3v) is 10.1. The van der Waals surface area contributed by atoms with E-state index in [1.807, 2.05) is 13.8 Å². The molecule has 8 atom stereocenters. The molecule has 1 N–H and O–H groups in total. The molecule has 217 valence electrons. The summed E-state index contributed by atoms with van der Waals surface area (Å²) >= 11 is 0. The molecule has 40 heavy (non-hydrogen) atoms. The smallest absolute Gasteiger partial charge is 0.338 e. The fourth-order valence-electron chi connectivity index (χ4n) is 8.07. The number of ketones is 1. The molecular formula is C31H39O9. The quantitative estimate of drug-likeness (QED) is 0.541. The predicted molar refractivity (Wildman–Crippen MR) is 142 cm³/mol. The molecule has 1 saturated heterocycles. The van der Waals surface area contributed by atoms with Crippen LogP contribution in [-0.2, 0) is 33.3 Å². The monoisotopic (exact) mass is 555 g/mol. The topological polar surface area (TPSA) is 118 Å². The Hall–Kier alpha value is -2.59. The van der Waals surface area contributed by atoms with Gasteiger partial charge in [-0.15, -0.1) is 0 Å². The van der Waals surface area contributed by atoms with Gasteiger partial charge in [0.15, 0.2) is 11.4 Å². The summed E-state index contributed by atoms with van der Waals surface area (Å²) in [7, 11) is 3.02. The second-order valence-electron chi connectivity index (χ2n) is 12.3. The van der Waals surface area contributed by atoms with E-state index in [0.717, 1.165) is 0 Å². The molecule has 4 aliphatic rings. The Morgan fingerprint density at radius 1 is 1.07 bits per heavy atom. The number of rotatable bonds is 5. The lowest BCUT2D eigenvalue weighted by atomic mass is 9.46. The normalized spacial score (nSPS) is 38.8. The van der Waals surface area contributed by atoms with Crippen LogP contribution in [0.1, 0.15) is 57.8 Å². The molecule has 1 aromatic carbocycles. The average Bonchev–Trinajstić information content (AvgIpc) is 2.90. The third-order valence-electron chi connectivity index (χ3n) is 10.1. The average molecular weight is 556 g/mol. The summed E-state index contributed by atoms with van der Waals surface area (Å²) in [5, 5.41) is 11.2. The number of hydrogen-bond donors (Lipinski definition) is 1. The number of fused-ring (bicyclic) bond motifs is 5. The van der Waals surface area contributed by atoms with Gasteiger partial charge in [-0.05, 0) is 49.0 Å². The maximum absolute atomic E-state index is 14.8. The van der Waals surface area contributed by atoms with Crippen molar-refractivity contribution < 1.29 is 43.2 Å². The van der Waals surface area contributed by atoms with Crippen molar-refractivity contribution in [2.24, 2.45) is 22.7 Å². The first-order valence-electron chi connectivity index (χ1n) is 13.8. The summed E-state index contributed by atoms with van der Waals surface area (Å²) < 4.78 is 30.4. The SMILES string of the molecule is COC1C(=O)[C@]2(C)C(OC)CC3OC[C@@]3(OC(C)=O)[C@H]2[C@H](OC(=O)c2ccccc2)[C@@H]2C[C](O)C(C)=C1C2(C)C. The Balaban J connectivity index is 1.80. The molecule has 3 unspecified atom stereocenters. The number of hydrogen-bond acceptors (Lipinski definition) is 9. The lowest BCUT2D eigenvalue weighted by Crippen LogP contribution is -2.79. The maximum Gasteiger partial charge on any atom is 0.338 e. The van der Waals surface area contributed by atoms with Gasteiger partial charge in [-0.1, -0.05) is 32.0 Å². The fraction of sp³-hybridized carbons (Fsp3) is 0.613. The Morgan fingerprint density at radius 2 is 1.75 bits per heavy atom. The van der Waals surface area contributed by atoms with Crippen LogP contribution in [0.2, 0.25) is 0 Å². The summed E-state index contributed by atoms with van der Waals surface area (Å²) in [5.41, 5.74) is -1.70. The first kappa shape index (κ1) is 28.9. The van der Waals surface area contributed by atoms with Crippen LogP contribution in [0.5, 0.6) is 0 Å². The molecule has 9 heteroatoms. The highest BCUT2D eigenvalue weighted by Crippen LogP contribution is 2.63. The van der Waals surface area contributed by atoms with E-state index in [9.17, 15) is 19.5 Å². The number of benzene rings is 1. The summed E-state index contributed by atoms with van der Waals surface area (Å²) in [6, 6.07) is 8.63. The maximum atomic E-state index is 14.8. The minimum atomic E-state index is -1.31. The first-order chi connectivity index (χ1) is 18.8. The van der Waals surface area contributed by atoms with E-state index >= 15 is 0 Å². The molecule has 1 heterocycles. The van der Waals surface area contributed by atoms with Crippen molar-refractivity contribution >= 4 is 17.7 Å². The predicted octanol–water partition coefficient (Wildman–Crippen LogP) is 3.82. The van der Waals surface area contributed by atoms with Crippen LogP contribution in [0.25, 0.3) is 0 Å². The Morgan fingerprint density at radius 3 is 2.30 bits per heavy atom. The zero-order valence-corrected chi connectivity index (χ0v) is 24.2. The minimum Gasteiger partial charge on any atom is -0.458 e. The van der Waals surface area contributed by atoms with E-state index in [4.69, 9.17) is 23.7 Å². The van der Waals surface area contributed by atoms with Crippen molar-refractivity contribution in [3.8, 4) is 0 Å². The molecule has 5 rings (SSSR count). The van der Waals surface area contributed by atoms with Crippen molar-refractivity contribution in [1.29, 1.82) is 0 Å². The summed E-state index contributed by atoms with van der Waals surface area (Å²) in [5.74, 6) is -2.71. The number of aliphatic hydroxyl groups excluding tert-OH is 1. The lowest BCUT2D eigenvalue weighted by Gasteiger charge is -2.66. The minimum absolute atomic E-state index is 0.0445. The molecule has 0 aromatic heterocycles. The van der Waals surface area contributed by atoms with Crippen molar-refractivity contribution in [2.45, 2.75) is 77.5 Å². The molecule has 9 nitrogen and oxygen atoms in total. The molecule has 1 aromatic rings. The van der Waals surface area contributed by atoms with Crippen molar-refractivity contribution in [2.75, 3.05) is 20.8 Å². The summed E-state index contributed by atoms with van der Waals surface area (Å²) in [6.45, 7) is 8.93. The zero-order chi connectivity index (χ0) is 29.2. The van der Waals surface area contributed by atoms with Crippen LogP contribution < -0.4 is 0 Å². The number of esters is 2. The van der Waals surface area contributed by atoms with Gasteiger partial charge in [0, 0.05) is 33.5 Å². The van der Waals surface area contributed by atoms with Gasteiger partial charge in [-0.25, -0.2) is 4.79 Å². The van der Waals surface area contributed by atoms with Gasteiger partial charge < -0.3 is 28.8 Å². The molecule has 2 saturated carbocycles. The molecule has 0 spiro atoms. The highest BCUT2D eigenvalue weighted by Gasteiger charge is 2.75. The summed E-state index contributed by atoms with van der Waals surface area (Å²) in [4.78, 5) is 41.2. The van der Waals surface area contributed by atoms with E-state index in [-0.39, 0.29) is 24.9 Å². The van der Waals surface area contributed by atoms with Gasteiger partial charge >= 0.3 is 11.9 Å². The van der Waals surface area contributed by atoms with E-state index in [2.05, 4.69) is 0 Å². The van der Waals surface area contributed by atoms with Gasteiger partial charge in [-0.3, -0.25) is 9.59 Å². The number of methoxy groups -OCH3 is 2. The van der Waals surface area contributed by atoms with E-state index in [1.165, 1.54) is 21.1 Å². The Bertz CT molecular complexity index is 1220. The fourth-order valence-corrected chi connectivity index (χ4v) is 8.07. The van der Waals surface area contributed by atoms with E-state index in [0.29, 0.717) is 23.1 Å². The van der Waals surface area contributed by atoms with Gasteiger partial charge in [0.25, 0.3) is 0 Å². The molecular weight excluding hydrogens is 516 g/mol. The summed E-state index contributed by atoms with van der Waals surface area (Å²) in [6.07, 6.45) is -2.54. The Labute approximate surface area is 235 Å². The van der Waals surface area contributed by atoms with Crippen LogP contribution in [0.15, 0.2) is 41.5 Å². The van der Waals surface area contributed by atoms with E-state index < -0.39 is 64.6 Å². The molecule has 3 aliphatic carbocycles. The lowest BCUT2D eigenvalue weighted by molar-refractivity contribution is -0.337. The van der Waals surface area contributed by atoms with Gasteiger partial charge in [-0.2, -0.15) is 0 Å². The van der Waals surface area contributed by atoms with Crippen LogP contribution >= 0.6 is 0 Å². The molecule has 2 bridgehead atoms. The standard InChI is InChI=1S/C31H39O9/c1-16-20(33)13-19-24(39-28(35)18-11-9-8-10-12-18)26-30(5,27(34)25(37-7)23(16)29(19,3)4)21(36-6)14-22-31(26,15-38-22)40-17(2)32/h8-12,19,21-22,24-26,33H,13-15H2,1-7H3/t19-,21?,22?,24+,25?,26-,30+,31-/m0/s1. The van der Waals surface area contributed by atoms with Crippen LogP contribution in [0, 0.1) is 28.8 Å². The highest BCUT2D eigenvalue weighted by molar-refractivity contribution is 5.94. The molecule has 3 fully saturated rings. The molecule has 0 amide bonds. The van der Waals surface area contributed by atoms with Gasteiger partial charge in [0.2, 0.25) is 0 Å². The van der Waals surface area contributed by atoms with Gasteiger partial charge in [0.05, 0.1) is 29.6 Å². The second-order valence-corrected chi connectivity index (χ2v) is 12.3. The number of Topliss-reactive ketones (excluding diaryl/α,β-unsaturated/α-hetero) is 1. The molecule has 1 radical (unpaired) electrons. The van der Waals surface area contributed by atoms with Gasteiger partial charge in [0.1, 0.15) is 24.4 Å². The van der Waals surface area contributed by atoms with Crippen molar-refractivity contribution in [3.63, 3.8) is 0 Å². The number of aliphatic hydroxyl groups is 1.